The Hall–Kier alpha value is -1.22. The maximum absolute atomic E-state index is 6.14. The second-order valence-corrected chi connectivity index (χ2v) is 5.36. The maximum Gasteiger partial charge on any atom is 0.142 e. The van der Waals surface area contributed by atoms with Gasteiger partial charge in [-0.15, -0.1) is 0 Å². The Balaban J connectivity index is 1.91. The summed E-state index contributed by atoms with van der Waals surface area (Å²) in [7, 11) is 0. The Morgan fingerprint density at radius 1 is 1.05 bits per heavy atom. The molecule has 2 N–H and O–H groups in total. The molecule has 2 nitrogen and oxygen atoms in total. The lowest BCUT2D eigenvalue weighted by atomic mass is 10.1. The van der Waals surface area contributed by atoms with Gasteiger partial charge in [-0.2, -0.15) is 0 Å². The summed E-state index contributed by atoms with van der Waals surface area (Å²) in [5.74, 6) is 0.645. The number of halogens is 2. The standard InChI is InChI=1S/C16H17Cl2NO/c17-14-9-13(11-19)16(15(18)10-14)20-8-4-7-12-5-2-1-3-6-12/h1-3,5-6,9-10H,4,7-8,11,19H2. The molecule has 0 saturated carbocycles. The number of nitrogens with two attached hydrogens (primary N) is 1. The number of rotatable bonds is 6. The first kappa shape index (κ1) is 15.2. The molecule has 0 heterocycles. The summed E-state index contributed by atoms with van der Waals surface area (Å²) < 4.78 is 5.76. The molecule has 0 aliphatic rings. The van der Waals surface area contributed by atoms with Crippen LogP contribution in [0.4, 0.5) is 0 Å². The number of benzene rings is 2. The summed E-state index contributed by atoms with van der Waals surface area (Å²) in [6, 6.07) is 13.8. The van der Waals surface area contributed by atoms with Crippen LogP contribution in [0.5, 0.6) is 5.75 Å². The first-order valence-electron chi connectivity index (χ1n) is 6.55. The van der Waals surface area contributed by atoms with Gasteiger partial charge in [0.2, 0.25) is 0 Å². The average Bonchev–Trinajstić information content (AvgIpc) is 2.45. The smallest absolute Gasteiger partial charge is 0.142 e. The summed E-state index contributed by atoms with van der Waals surface area (Å²) >= 11 is 12.1. The summed E-state index contributed by atoms with van der Waals surface area (Å²) in [5.41, 5.74) is 7.82. The van der Waals surface area contributed by atoms with E-state index in [1.165, 1.54) is 5.56 Å². The van der Waals surface area contributed by atoms with Crippen molar-refractivity contribution in [3.8, 4) is 5.75 Å². The molecule has 0 atom stereocenters. The number of hydrogen-bond acceptors (Lipinski definition) is 2. The molecule has 0 radical (unpaired) electrons. The molecule has 0 bridgehead atoms. The SMILES string of the molecule is NCc1cc(Cl)cc(Cl)c1OCCCc1ccccc1. The van der Waals surface area contributed by atoms with Gasteiger partial charge in [0.25, 0.3) is 0 Å². The molecule has 0 fully saturated rings. The Morgan fingerprint density at radius 2 is 1.80 bits per heavy atom. The van der Waals surface area contributed by atoms with Crippen LogP contribution in [0.1, 0.15) is 17.5 Å². The molecule has 0 aromatic heterocycles. The summed E-state index contributed by atoms with van der Waals surface area (Å²) in [6.45, 7) is 0.956. The minimum atomic E-state index is 0.355. The van der Waals surface area contributed by atoms with Gasteiger partial charge in [-0.1, -0.05) is 53.5 Å². The molecule has 0 saturated heterocycles. The van der Waals surface area contributed by atoms with Crippen molar-refractivity contribution in [3.63, 3.8) is 0 Å². The van der Waals surface area contributed by atoms with Crippen LogP contribution < -0.4 is 10.5 Å². The molecule has 0 spiro atoms. The van der Waals surface area contributed by atoms with Gasteiger partial charge in [0.15, 0.2) is 0 Å². The summed E-state index contributed by atoms with van der Waals surface area (Å²) in [6.07, 6.45) is 1.90. The monoisotopic (exact) mass is 309 g/mol. The van der Waals surface area contributed by atoms with Crippen LogP contribution in [-0.4, -0.2) is 6.61 Å². The van der Waals surface area contributed by atoms with E-state index >= 15 is 0 Å². The van der Waals surface area contributed by atoms with Crippen molar-refractivity contribution in [2.45, 2.75) is 19.4 Å². The third kappa shape index (κ3) is 4.14. The summed E-state index contributed by atoms with van der Waals surface area (Å²) in [5, 5.41) is 1.09. The summed E-state index contributed by atoms with van der Waals surface area (Å²) in [4.78, 5) is 0. The lowest BCUT2D eigenvalue weighted by Gasteiger charge is -2.12. The quantitative estimate of drug-likeness (QED) is 0.799. The molecular formula is C16H17Cl2NO. The Morgan fingerprint density at radius 3 is 2.50 bits per heavy atom. The predicted octanol–water partition coefficient (Wildman–Crippen LogP) is 4.46. The molecule has 4 heteroatoms. The van der Waals surface area contributed by atoms with E-state index in [1.807, 2.05) is 18.2 Å². The maximum atomic E-state index is 6.14. The van der Waals surface area contributed by atoms with E-state index in [1.54, 1.807) is 12.1 Å². The number of ether oxygens (including phenoxy) is 1. The van der Waals surface area contributed by atoms with Crippen LogP contribution in [0.3, 0.4) is 0 Å². The fraction of sp³-hybridized carbons (Fsp3) is 0.250. The van der Waals surface area contributed by atoms with E-state index in [2.05, 4.69) is 12.1 Å². The third-order valence-electron chi connectivity index (χ3n) is 3.00. The largest absolute Gasteiger partial charge is 0.492 e. The Labute approximate surface area is 129 Å². The van der Waals surface area contributed by atoms with Gasteiger partial charge in [-0.3, -0.25) is 0 Å². The second kappa shape index (κ2) is 7.53. The zero-order valence-electron chi connectivity index (χ0n) is 11.1. The van der Waals surface area contributed by atoms with Gasteiger partial charge in [0.1, 0.15) is 5.75 Å². The van der Waals surface area contributed by atoms with Gasteiger partial charge in [-0.05, 0) is 30.5 Å². The highest BCUT2D eigenvalue weighted by molar-refractivity contribution is 6.35. The first-order valence-corrected chi connectivity index (χ1v) is 7.31. The van der Waals surface area contributed by atoms with Crippen molar-refractivity contribution in [3.05, 3.63) is 63.6 Å². The first-order chi connectivity index (χ1) is 9.70. The van der Waals surface area contributed by atoms with Gasteiger partial charge in [0.05, 0.1) is 11.6 Å². The van der Waals surface area contributed by atoms with Crippen molar-refractivity contribution < 1.29 is 4.74 Å². The number of aryl methyl sites for hydroxylation is 1. The van der Waals surface area contributed by atoms with Crippen LogP contribution in [0.25, 0.3) is 0 Å². The molecule has 0 aliphatic heterocycles. The lowest BCUT2D eigenvalue weighted by Crippen LogP contribution is -2.05. The molecule has 0 aliphatic carbocycles. The molecule has 0 amide bonds. The van der Waals surface area contributed by atoms with Crippen LogP contribution in [0.15, 0.2) is 42.5 Å². The van der Waals surface area contributed by atoms with Crippen molar-refractivity contribution >= 4 is 23.2 Å². The second-order valence-electron chi connectivity index (χ2n) is 4.52. The van der Waals surface area contributed by atoms with E-state index < -0.39 is 0 Å². The molecule has 2 rings (SSSR count). The number of hydrogen-bond donors (Lipinski definition) is 1. The zero-order chi connectivity index (χ0) is 14.4. The van der Waals surface area contributed by atoms with Crippen LogP contribution in [0.2, 0.25) is 10.0 Å². The molecule has 106 valence electrons. The minimum absolute atomic E-state index is 0.355. The van der Waals surface area contributed by atoms with Gasteiger partial charge < -0.3 is 10.5 Å². The average molecular weight is 310 g/mol. The van der Waals surface area contributed by atoms with E-state index in [4.69, 9.17) is 33.7 Å². The molecular weight excluding hydrogens is 293 g/mol. The third-order valence-corrected chi connectivity index (χ3v) is 3.50. The lowest BCUT2D eigenvalue weighted by molar-refractivity contribution is 0.308. The van der Waals surface area contributed by atoms with Gasteiger partial charge in [-0.25, -0.2) is 0 Å². The van der Waals surface area contributed by atoms with Gasteiger partial charge in [0, 0.05) is 17.1 Å². The van der Waals surface area contributed by atoms with E-state index in [0.29, 0.717) is 28.9 Å². The Kier molecular flexibility index (Phi) is 5.72. The van der Waals surface area contributed by atoms with E-state index in [9.17, 15) is 0 Å². The fourth-order valence-electron chi connectivity index (χ4n) is 2.02. The van der Waals surface area contributed by atoms with Crippen molar-refractivity contribution in [1.82, 2.24) is 0 Å². The zero-order valence-corrected chi connectivity index (χ0v) is 12.6. The normalized spacial score (nSPS) is 10.6. The topological polar surface area (TPSA) is 35.2 Å². The van der Waals surface area contributed by atoms with Crippen LogP contribution in [0, 0.1) is 0 Å². The minimum Gasteiger partial charge on any atom is -0.492 e. The van der Waals surface area contributed by atoms with Crippen molar-refractivity contribution in [1.29, 1.82) is 0 Å². The highest BCUT2D eigenvalue weighted by atomic mass is 35.5. The Bertz CT molecular complexity index is 558. The van der Waals surface area contributed by atoms with Gasteiger partial charge >= 0.3 is 0 Å². The molecule has 2 aromatic rings. The van der Waals surface area contributed by atoms with E-state index in [0.717, 1.165) is 18.4 Å². The van der Waals surface area contributed by atoms with Crippen LogP contribution >= 0.6 is 23.2 Å². The van der Waals surface area contributed by atoms with E-state index in [-0.39, 0.29) is 0 Å². The van der Waals surface area contributed by atoms with Crippen molar-refractivity contribution in [2.75, 3.05) is 6.61 Å². The fourth-order valence-corrected chi connectivity index (χ4v) is 2.61. The highest BCUT2D eigenvalue weighted by Crippen LogP contribution is 2.32. The van der Waals surface area contributed by atoms with Crippen LogP contribution in [-0.2, 0) is 13.0 Å². The highest BCUT2D eigenvalue weighted by Gasteiger charge is 2.09. The predicted molar refractivity (Wildman–Crippen MR) is 84.6 cm³/mol. The molecule has 2 aromatic carbocycles. The molecule has 0 unspecified atom stereocenters. The molecule has 20 heavy (non-hydrogen) atoms. The van der Waals surface area contributed by atoms with Crippen molar-refractivity contribution in [2.24, 2.45) is 5.73 Å².